The van der Waals surface area contributed by atoms with Crippen LogP contribution in [0.25, 0.3) is 11.0 Å². The number of nitrogens with zero attached hydrogens (tertiary/aromatic N) is 5. The topological polar surface area (TPSA) is 136 Å². The highest BCUT2D eigenvalue weighted by atomic mass is 32.2. The lowest BCUT2D eigenvalue weighted by Crippen LogP contribution is -2.24. The van der Waals surface area contributed by atoms with Crippen molar-refractivity contribution in [2.45, 2.75) is 49.6 Å². The summed E-state index contributed by atoms with van der Waals surface area (Å²) in [6, 6.07) is 8.78. The summed E-state index contributed by atoms with van der Waals surface area (Å²) in [5.41, 5.74) is 2.78. The van der Waals surface area contributed by atoms with Crippen molar-refractivity contribution in [1.82, 2.24) is 29.7 Å². The van der Waals surface area contributed by atoms with E-state index in [4.69, 9.17) is 0 Å². The van der Waals surface area contributed by atoms with E-state index in [0.717, 1.165) is 43.0 Å². The minimum Gasteiger partial charge on any atom is -0.324 e. The number of hydrogen-bond donors (Lipinski definition) is 2. The van der Waals surface area contributed by atoms with Gasteiger partial charge in [-0.05, 0) is 43.0 Å². The van der Waals surface area contributed by atoms with Crippen LogP contribution in [0, 0.1) is 6.92 Å². The minimum absolute atomic E-state index is 0.0335. The van der Waals surface area contributed by atoms with Crippen LogP contribution in [0.1, 0.15) is 42.9 Å². The molecule has 1 saturated carbocycles. The van der Waals surface area contributed by atoms with E-state index in [0.29, 0.717) is 22.8 Å². The Hall–Kier alpha value is -3.60. The molecule has 0 aliphatic heterocycles. The fourth-order valence-electron chi connectivity index (χ4n) is 4.29. The third-order valence-corrected chi connectivity index (χ3v) is 7.44. The SMILES string of the molecule is Cc1cc(=O)n(C2CCCC2)c2nc(Nc3ccc(CS(=O)(=O)c4ncn[nH]4)cc3)ncc12. The van der Waals surface area contributed by atoms with Crippen molar-refractivity contribution < 1.29 is 8.42 Å². The zero-order valence-corrected chi connectivity index (χ0v) is 18.8. The summed E-state index contributed by atoms with van der Waals surface area (Å²) < 4.78 is 26.5. The second kappa shape index (κ2) is 8.39. The first kappa shape index (κ1) is 21.3. The van der Waals surface area contributed by atoms with Gasteiger partial charge < -0.3 is 5.32 Å². The lowest BCUT2D eigenvalue weighted by atomic mass is 10.1. The number of fused-ring (bicyclic) bond motifs is 1. The van der Waals surface area contributed by atoms with E-state index < -0.39 is 9.84 Å². The van der Waals surface area contributed by atoms with Gasteiger partial charge in [-0.25, -0.2) is 18.4 Å². The van der Waals surface area contributed by atoms with Crippen molar-refractivity contribution in [3.63, 3.8) is 0 Å². The van der Waals surface area contributed by atoms with Gasteiger partial charge in [0.15, 0.2) is 0 Å². The second-order valence-corrected chi connectivity index (χ2v) is 10.2. The summed E-state index contributed by atoms with van der Waals surface area (Å²) in [6.45, 7) is 1.89. The van der Waals surface area contributed by atoms with Crippen LogP contribution >= 0.6 is 0 Å². The van der Waals surface area contributed by atoms with Crippen LogP contribution in [0.3, 0.4) is 0 Å². The van der Waals surface area contributed by atoms with Gasteiger partial charge in [0.05, 0.1) is 5.75 Å². The van der Waals surface area contributed by atoms with E-state index in [1.807, 2.05) is 6.92 Å². The quantitative estimate of drug-likeness (QED) is 0.443. The molecule has 5 rings (SSSR count). The fourth-order valence-corrected chi connectivity index (χ4v) is 5.46. The van der Waals surface area contributed by atoms with Crippen LogP contribution in [0.4, 0.5) is 11.6 Å². The molecule has 11 heteroatoms. The highest BCUT2D eigenvalue weighted by molar-refractivity contribution is 7.90. The van der Waals surface area contributed by atoms with Gasteiger partial charge in [-0.1, -0.05) is 25.0 Å². The van der Waals surface area contributed by atoms with Gasteiger partial charge in [0, 0.05) is 29.4 Å². The average molecular weight is 466 g/mol. The van der Waals surface area contributed by atoms with Crippen molar-refractivity contribution in [2.24, 2.45) is 0 Å². The maximum atomic E-state index is 12.8. The maximum absolute atomic E-state index is 12.8. The summed E-state index contributed by atoms with van der Waals surface area (Å²) in [5.74, 6) is 0.184. The number of rotatable bonds is 6. The van der Waals surface area contributed by atoms with Gasteiger partial charge in [-0.2, -0.15) is 10.1 Å². The molecule has 3 heterocycles. The molecule has 170 valence electrons. The molecule has 33 heavy (non-hydrogen) atoms. The van der Waals surface area contributed by atoms with Crippen LogP contribution in [0.15, 0.2) is 52.8 Å². The number of anilines is 2. The molecule has 1 aromatic carbocycles. The number of aromatic amines is 1. The van der Waals surface area contributed by atoms with Crippen LogP contribution in [-0.2, 0) is 15.6 Å². The Balaban J connectivity index is 1.41. The Kier molecular flexibility index (Phi) is 5.41. The molecule has 1 aliphatic rings. The number of pyridine rings is 1. The molecular weight excluding hydrogens is 442 g/mol. The summed E-state index contributed by atoms with van der Waals surface area (Å²) in [7, 11) is -3.59. The van der Waals surface area contributed by atoms with Crippen molar-refractivity contribution in [1.29, 1.82) is 0 Å². The molecule has 0 atom stereocenters. The highest BCUT2D eigenvalue weighted by Gasteiger charge is 2.22. The molecule has 0 unspecified atom stereocenters. The number of hydrogen-bond acceptors (Lipinski definition) is 8. The first-order valence-corrected chi connectivity index (χ1v) is 12.4. The lowest BCUT2D eigenvalue weighted by Gasteiger charge is -2.17. The summed E-state index contributed by atoms with van der Waals surface area (Å²) >= 11 is 0. The van der Waals surface area contributed by atoms with Gasteiger partial charge >= 0.3 is 0 Å². The summed E-state index contributed by atoms with van der Waals surface area (Å²) in [5, 5.41) is 9.84. The zero-order chi connectivity index (χ0) is 23.0. The van der Waals surface area contributed by atoms with Crippen LogP contribution in [0.2, 0.25) is 0 Å². The van der Waals surface area contributed by atoms with Crippen LogP contribution in [0.5, 0.6) is 0 Å². The van der Waals surface area contributed by atoms with E-state index in [-0.39, 0.29) is 22.5 Å². The lowest BCUT2D eigenvalue weighted by molar-refractivity contribution is 0.515. The van der Waals surface area contributed by atoms with E-state index >= 15 is 0 Å². The van der Waals surface area contributed by atoms with Gasteiger partial charge in [0.1, 0.15) is 12.0 Å². The van der Waals surface area contributed by atoms with Gasteiger partial charge in [0.2, 0.25) is 20.9 Å². The predicted octanol–water partition coefficient (Wildman–Crippen LogP) is 3.05. The number of aryl methyl sites for hydroxylation is 1. The third kappa shape index (κ3) is 4.23. The number of benzene rings is 1. The molecule has 3 aromatic heterocycles. The first-order valence-electron chi connectivity index (χ1n) is 10.7. The van der Waals surface area contributed by atoms with Gasteiger partial charge in [0.25, 0.3) is 5.56 Å². The largest absolute Gasteiger partial charge is 0.324 e. The molecule has 1 fully saturated rings. The molecule has 4 aromatic rings. The Morgan fingerprint density at radius 1 is 1.15 bits per heavy atom. The Morgan fingerprint density at radius 2 is 1.91 bits per heavy atom. The predicted molar refractivity (Wildman–Crippen MR) is 123 cm³/mol. The maximum Gasteiger partial charge on any atom is 0.252 e. The molecule has 1 aliphatic carbocycles. The molecule has 2 N–H and O–H groups in total. The number of sulfone groups is 1. The molecular formula is C22H23N7O3S. The van der Waals surface area contributed by atoms with E-state index in [2.05, 4.69) is 30.5 Å². The summed E-state index contributed by atoms with van der Waals surface area (Å²) in [4.78, 5) is 25.6. The van der Waals surface area contributed by atoms with Gasteiger partial charge in [-0.3, -0.25) is 14.5 Å². The first-order chi connectivity index (χ1) is 15.9. The fraction of sp³-hybridized carbons (Fsp3) is 0.318. The van der Waals surface area contributed by atoms with E-state index in [9.17, 15) is 13.2 Å². The molecule has 0 bridgehead atoms. The number of aromatic nitrogens is 6. The second-order valence-electron chi connectivity index (χ2n) is 8.28. The van der Waals surface area contributed by atoms with Crippen molar-refractivity contribution in [2.75, 3.05) is 5.32 Å². The molecule has 0 radical (unpaired) electrons. The Morgan fingerprint density at radius 3 is 2.61 bits per heavy atom. The molecule has 10 nitrogen and oxygen atoms in total. The van der Waals surface area contributed by atoms with Crippen LogP contribution in [-0.4, -0.2) is 38.1 Å². The van der Waals surface area contributed by atoms with E-state index in [1.54, 1.807) is 41.1 Å². The minimum atomic E-state index is -3.59. The molecule has 0 saturated heterocycles. The molecule has 0 spiro atoms. The van der Waals surface area contributed by atoms with Crippen LogP contribution < -0.4 is 10.9 Å². The van der Waals surface area contributed by atoms with Crippen molar-refractivity contribution in [3.05, 3.63) is 64.3 Å². The Labute approximate surface area is 190 Å². The standard InChI is InChI=1S/C22H23N7O3S/c1-14-10-19(30)29(17-4-2-3-5-17)20-18(14)11-23-21(27-20)26-16-8-6-15(7-9-16)12-33(31,32)22-24-13-25-28-22/h6-11,13,17H,2-5,12H2,1H3,(H,23,26,27)(H,24,25,28). The molecule has 0 amide bonds. The normalized spacial score (nSPS) is 14.7. The number of H-pyrrole nitrogens is 1. The smallest absolute Gasteiger partial charge is 0.252 e. The average Bonchev–Trinajstić information content (AvgIpc) is 3.50. The van der Waals surface area contributed by atoms with Crippen molar-refractivity contribution >= 4 is 32.5 Å². The monoisotopic (exact) mass is 465 g/mol. The summed E-state index contributed by atoms with van der Waals surface area (Å²) in [6.07, 6.45) is 7.08. The van der Waals surface area contributed by atoms with Gasteiger partial charge in [-0.15, -0.1) is 0 Å². The van der Waals surface area contributed by atoms with Crippen molar-refractivity contribution in [3.8, 4) is 0 Å². The number of nitrogens with one attached hydrogen (secondary N) is 2. The highest BCUT2D eigenvalue weighted by Crippen LogP contribution is 2.31. The zero-order valence-electron chi connectivity index (χ0n) is 18.0. The third-order valence-electron chi connectivity index (χ3n) is 5.94. The van der Waals surface area contributed by atoms with E-state index in [1.165, 1.54) is 0 Å². The Bertz CT molecular complexity index is 1460.